The van der Waals surface area contributed by atoms with E-state index < -0.39 is 0 Å². The second-order valence-electron chi connectivity index (χ2n) is 4.14. The van der Waals surface area contributed by atoms with E-state index in [9.17, 15) is 0 Å². The third-order valence-electron chi connectivity index (χ3n) is 2.89. The zero-order valence-corrected chi connectivity index (χ0v) is 13.9. The largest absolute Gasteiger partial charge is 0.496 e. The highest BCUT2D eigenvalue weighted by atomic mass is 35.5. The molecule has 0 aliphatic heterocycles. The zero-order valence-electron chi connectivity index (χ0n) is 12.3. The quantitative estimate of drug-likeness (QED) is 0.782. The van der Waals surface area contributed by atoms with Gasteiger partial charge in [-0.25, -0.2) is 0 Å². The summed E-state index contributed by atoms with van der Waals surface area (Å²) in [6.07, 6.45) is 0.924. The Morgan fingerprint density at radius 2 is 1.84 bits per heavy atom. The molecule has 0 bridgehead atoms. The van der Waals surface area contributed by atoms with Crippen LogP contribution in [0.2, 0.25) is 0 Å². The van der Waals surface area contributed by atoms with Gasteiger partial charge in [0.05, 0.1) is 19.1 Å². The molecule has 0 saturated heterocycles. The van der Waals surface area contributed by atoms with Gasteiger partial charge in [0, 0.05) is 6.04 Å². The van der Waals surface area contributed by atoms with Crippen LogP contribution in [0.25, 0.3) is 0 Å². The molecule has 0 aromatic heterocycles. The molecule has 1 N–H and O–H groups in total. The van der Waals surface area contributed by atoms with Crippen molar-refractivity contribution in [2.75, 3.05) is 27.0 Å². The van der Waals surface area contributed by atoms with E-state index in [1.165, 1.54) is 5.56 Å². The minimum Gasteiger partial charge on any atom is -0.496 e. The first-order valence-corrected chi connectivity index (χ1v) is 7.19. The van der Waals surface area contributed by atoms with Crippen molar-refractivity contribution < 1.29 is 9.47 Å². The number of benzene rings is 1. The molecule has 1 unspecified atom stereocenters. The first-order valence-electron chi connectivity index (χ1n) is 6.21. The average Bonchev–Trinajstić information content (AvgIpc) is 2.39. The van der Waals surface area contributed by atoms with Crippen LogP contribution in [0.15, 0.2) is 17.0 Å². The van der Waals surface area contributed by atoms with Gasteiger partial charge in [-0.15, -0.1) is 24.2 Å². The number of likely N-dealkylation sites (N-methyl/N-ethyl adjacent to an activating group) is 1. The Kier molecular flexibility index (Phi) is 9.06. The van der Waals surface area contributed by atoms with Crippen LogP contribution in [-0.4, -0.2) is 33.1 Å². The highest BCUT2D eigenvalue weighted by Crippen LogP contribution is 2.36. The highest BCUT2D eigenvalue weighted by molar-refractivity contribution is 7.99. The number of ether oxygens (including phenoxy) is 2. The van der Waals surface area contributed by atoms with Crippen molar-refractivity contribution in [1.29, 1.82) is 0 Å². The molecule has 0 amide bonds. The highest BCUT2D eigenvalue weighted by Gasteiger charge is 2.13. The number of hydrogen-bond donors (Lipinski definition) is 1. The molecule has 0 radical (unpaired) electrons. The first kappa shape index (κ1) is 18.4. The van der Waals surface area contributed by atoms with Crippen LogP contribution in [0.3, 0.4) is 0 Å². The minimum atomic E-state index is 0. The van der Waals surface area contributed by atoms with Gasteiger partial charge in [-0.05, 0) is 43.8 Å². The lowest BCUT2D eigenvalue weighted by Crippen LogP contribution is -2.23. The molecule has 0 aliphatic carbocycles. The van der Waals surface area contributed by atoms with Crippen LogP contribution < -0.4 is 14.8 Å². The SMILES string of the molecule is CCSc1cc(OC)c(CC(C)NC)cc1OC.Cl. The molecule has 0 aliphatic rings. The summed E-state index contributed by atoms with van der Waals surface area (Å²) in [5.41, 5.74) is 1.18. The summed E-state index contributed by atoms with van der Waals surface area (Å²) in [5, 5.41) is 3.24. The number of rotatable bonds is 7. The molecular weight excluding hydrogens is 282 g/mol. The molecule has 1 aromatic rings. The number of nitrogens with one attached hydrogen (secondary N) is 1. The summed E-state index contributed by atoms with van der Waals surface area (Å²) in [7, 11) is 5.40. The van der Waals surface area contributed by atoms with E-state index in [0.29, 0.717) is 6.04 Å². The Morgan fingerprint density at radius 3 is 2.32 bits per heavy atom. The van der Waals surface area contributed by atoms with Gasteiger partial charge >= 0.3 is 0 Å². The fraction of sp³-hybridized carbons (Fsp3) is 0.571. The van der Waals surface area contributed by atoms with Crippen molar-refractivity contribution in [1.82, 2.24) is 5.32 Å². The lowest BCUT2D eigenvalue weighted by atomic mass is 10.1. The van der Waals surface area contributed by atoms with Gasteiger partial charge in [0.25, 0.3) is 0 Å². The molecule has 3 nitrogen and oxygen atoms in total. The topological polar surface area (TPSA) is 30.5 Å². The lowest BCUT2D eigenvalue weighted by Gasteiger charge is -2.17. The molecule has 0 fully saturated rings. The summed E-state index contributed by atoms with van der Waals surface area (Å²) in [6.45, 7) is 4.29. The van der Waals surface area contributed by atoms with Crippen molar-refractivity contribution >= 4 is 24.2 Å². The van der Waals surface area contributed by atoms with Gasteiger partial charge in [0.15, 0.2) is 0 Å². The summed E-state index contributed by atoms with van der Waals surface area (Å²) in [4.78, 5) is 1.14. The van der Waals surface area contributed by atoms with E-state index in [2.05, 4.69) is 31.3 Å². The van der Waals surface area contributed by atoms with Crippen molar-refractivity contribution in [3.63, 3.8) is 0 Å². The van der Waals surface area contributed by atoms with Crippen LogP contribution in [0.4, 0.5) is 0 Å². The van der Waals surface area contributed by atoms with Gasteiger partial charge in [-0.1, -0.05) is 6.92 Å². The molecule has 5 heteroatoms. The Morgan fingerprint density at radius 1 is 1.21 bits per heavy atom. The zero-order chi connectivity index (χ0) is 13.5. The molecule has 1 atom stereocenters. The Balaban J connectivity index is 0.00000324. The molecular formula is C14H24ClNO2S. The third-order valence-corrected chi connectivity index (χ3v) is 3.80. The normalized spacial score (nSPS) is 11.6. The van der Waals surface area contributed by atoms with E-state index in [1.54, 1.807) is 26.0 Å². The number of thioether (sulfide) groups is 1. The number of methoxy groups -OCH3 is 2. The molecule has 0 saturated carbocycles. The second-order valence-corrected chi connectivity index (χ2v) is 5.45. The molecule has 0 spiro atoms. The predicted molar refractivity (Wildman–Crippen MR) is 85.4 cm³/mol. The molecule has 1 aromatic carbocycles. The third kappa shape index (κ3) is 5.13. The van der Waals surface area contributed by atoms with Gasteiger partial charge in [-0.2, -0.15) is 0 Å². The van der Waals surface area contributed by atoms with Crippen molar-refractivity contribution in [2.45, 2.75) is 31.2 Å². The van der Waals surface area contributed by atoms with E-state index >= 15 is 0 Å². The Labute approximate surface area is 126 Å². The fourth-order valence-electron chi connectivity index (χ4n) is 1.79. The van der Waals surface area contributed by atoms with Crippen LogP contribution in [0, 0.1) is 0 Å². The number of halogens is 1. The van der Waals surface area contributed by atoms with E-state index in [0.717, 1.165) is 28.6 Å². The first-order chi connectivity index (χ1) is 8.65. The van der Waals surface area contributed by atoms with Crippen molar-refractivity contribution in [3.05, 3.63) is 17.7 Å². The van der Waals surface area contributed by atoms with Crippen molar-refractivity contribution in [2.24, 2.45) is 0 Å². The maximum absolute atomic E-state index is 5.48. The lowest BCUT2D eigenvalue weighted by molar-refractivity contribution is 0.388. The summed E-state index contributed by atoms with van der Waals surface area (Å²) in [6, 6.07) is 4.57. The standard InChI is InChI=1S/C14H23NO2S.ClH/c1-6-18-14-9-12(16-4)11(7-10(2)15-3)8-13(14)17-5;/h8-10,15H,6-7H2,1-5H3;1H. The van der Waals surface area contributed by atoms with E-state index in [-0.39, 0.29) is 12.4 Å². The minimum absolute atomic E-state index is 0. The van der Waals surface area contributed by atoms with Gasteiger partial charge in [0.1, 0.15) is 11.5 Å². The van der Waals surface area contributed by atoms with Crippen LogP contribution >= 0.6 is 24.2 Å². The smallest absolute Gasteiger partial charge is 0.132 e. The maximum Gasteiger partial charge on any atom is 0.132 e. The van der Waals surface area contributed by atoms with Crippen LogP contribution in [0.1, 0.15) is 19.4 Å². The van der Waals surface area contributed by atoms with Crippen LogP contribution in [-0.2, 0) is 6.42 Å². The van der Waals surface area contributed by atoms with Gasteiger partial charge < -0.3 is 14.8 Å². The van der Waals surface area contributed by atoms with E-state index in [4.69, 9.17) is 9.47 Å². The van der Waals surface area contributed by atoms with Gasteiger partial charge in [-0.3, -0.25) is 0 Å². The van der Waals surface area contributed by atoms with E-state index in [1.807, 2.05) is 7.05 Å². The molecule has 19 heavy (non-hydrogen) atoms. The Hall–Kier alpha value is -0.580. The monoisotopic (exact) mass is 305 g/mol. The second kappa shape index (κ2) is 9.34. The summed E-state index contributed by atoms with van der Waals surface area (Å²) >= 11 is 1.77. The maximum atomic E-state index is 5.48. The Bertz CT molecular complexity index is 388. The molecule has 1 rings (SSSR count). The van der Waals surface area contributed by atoms with Crippen molar-refractivity contribution in [3.8, 4) is 11.5 Å². The average molecular weight is 306 g/mol. The summed E-state index contributed by atoms with van der Waals surface area (Å²) in [5.74, 6) is 2.89. The number of hydrogen-bond acceptors (Lipinski definition) is 4. The molecule has 110 valence electrons. The predicted octanol–water partition coefficient (Wildman–Crippen LogP) is 3.39. The fourth-order valence-corrected chi connectivity index (χ4v) is 2.58. The van der Waals surface area contributed by atoms with Crippen LogP contribution in [0.5, 0.6) is 11.5 Å². The summed E-state index contributed by atoms with van der Waals surface area (Å²) < 4.78 is 10.9. The van der Waals surface area contributed by atoms with Gasteiger partial charge in [0.2, 0.25) is 0 Å². The molecule has 0 heterocycles.